The smallest absolute Gasteiger partial charge is 0.237 e. The minimum atomic E-state index is -0.0869. The van der Waals surface area contributed by atoms with Crippen LogP contribution in [0, 0.1) is 0 Å². The second-order valence-corrected chi connectivity index (χ2v) is 3.72. The largest absolute Gasteiger partial charge is 0.325 e. The SMILES string of the molecule is CN1C(=O)CNC1c1ccccc1Cl. The van der Waals surface area contributed by atoms with Crippen molar-refractivity contribution in [3.8, 4) is 0 Å². The zero-order valence-electron chi connectivity index (χ0n) is 7.83. The lowest BCUT2D eigenvalue weighted by Gasteiger charge is -2.20. The lowest BCUT2D eigenvalue weighted by Crippen LogP contribution is -2.26. The molecule has 1 aliphatic heterocycles. The molecule has 1 unspecified atom stereocenters. The lowest BCUT2D eigenvalue weighted by molar-refractivity contribution is -0.126. The third-order valence-corrected chi connectivity index (χ3v) is 2.77. The van der Waals surface area contributed by atoms with Crippen LogP contribution in [0.5, 0.6) is 0 Å². The first-order chi connectivity index (χ1) is 6.70. The van der Waals surface area contributed by atoms with E-state index in [1.807, 2.05) is 24.3 Å². The van der Waals surface area contributed by atoms with Crippen LogP contribution in [0.25, 0.3) is 0 Å². The van der Waals surface area contributed by atoms with Crippen molar-refractivity contribution in [3.63, 3.8) is 0 Å². The molecule has 0 spiro atoms. The molecule has 0 saturated carbocycles. The van der Waals surface area contributed by atoms with E-state index in [9.17, 15) is 4.79 Å². The Kier molecular flexibility index (Phi) is 2.44. The van der Waals surface area contributed by atoms with Gasteiger partial charge in [0.1, 0.15) is 6.17 Å². The van der Waals surface area contributed by atoms with E-state index in [-0.39, 0.29) is 12.1 Å². The number of hydrogen-bond acceptors (Lipinski definition) is 2. The fourth-order valence-corrected chi connectivity index (χ4v) is 1.84. The zero-order chi connectivity index (χ0) is 10.1. The Bertz CT molecular complexity index is 367. The van der Waals surface area contributed by atoms with E-state index < -0.39 is 0 Å². The number of carbonyl (C=O) groups is 1. The van der Waals surface area contributed by atoms with E-state index in [2.05, 4.69) is 5.32 Å². The Morgan fingerprint density at radius 1 is 1.50 bits per heavy atom. The average molecular weight is 211 g/mol. The maximum absolute atomic E-state index is 11.3. The van der Waals surface area contributed by atoms with Crippen molar-refractivity contribution in [1.82, 2.24) is 10.2 Å². The molecule has 4 heteroatoms. The van der Waals surface area contributed by atoms with Crippen molar-refractivity contribution in [2.24, 2.45) is 0 Å². The van der Waals surface area contributed by atoms with E-state index in [0.717, 1.165) is 5.56 Å². The molecule has 1 saturated heterocycles. The third kappa shape index (κ3) is 1.49. The second kappa shape index (κ2) is 3.59. The van der Waals surface area contributed by atoms with Gasteiger partial charge in [0, 0.05) is 17.6 Å². The molecule has 1 aromatic carbocycles. The third-order valence-electron chi connectivity index (χ3n) is 2.43. The molecular weight excluding hydrogens is 200 g/mol. The first-order valence-electron chi connectivity index (χ1n) is 4.43. The molecule has 1 amide bonds. The predicted octanol–water partition coefficient (Wildman–Crippen LogP) is 1.40. The summed E-state index contributed by atoms with van der Waals surface area (Å²) in [5.41, 5.74) is 0.947. The Labute approximate surface area is 87.7 Å². The average Bonchev–Trinajstić information content (AvgIpc) is 2.49. The predicted molar refractivity (Wildman–Crippen MR) is 55.0 cm³/mol. The summed E-state index contributed by atoms with van der Waals surface area (Å²) in [5, 5.41) is 3.79. The summed E-state index contributed by atoms with van der Waals surface area (Å²) < 4.78 is 0. The highest BCUT2D eigenvalue weighted by atomic mass is 35.5. The Morgan fingerprint density at radius 2 is 2.21 bits per heavy atom. The van der Waals surface area contributed by atoms with Crippen molar-refractivity contribution >= 4 is 17.5 Å². The molecule has 1 N–H and O–H groups in total. The van der Waals surface area contributed by atoms with Gasteiger partial charge in [0.05, 0.1) is 6.54 Å². The molecule has 3 nitrogen and oxygen atoms in total. The van der Waals surface area contributed by atoms with Crippen LogP contribution in [0.1, 0.15) is 11.7 Å². The van der Waals surface area contributed by atoms with Crippen LogP contribution in [0.3, 0.4) is 0 Å². The van der Waals surface area contributed by atoms with Crippen molar-refractivity contribution in [3.05, 3.63) is 34.9 Å². The molecule has 2 rings (SSSR count). The van der Waals surface area contributed by atoms with Gasteiger partial charge in [-0.05, 0) is 6.07 Å². The van der Waals surface area contributed by atoms with Gasteiger partial charge in [-0.2, -0.15) is 0 Å². The Balaban J connectivity index is 2.32. The van der Waals surface area contributed by atoms with Gasteiger partial charge in [0.15, 0.2) is 0 Å². The van der Waals surface area contributed by atoms with E-state index in [1.54, 1.807) is 11.9 Å². The number of rotatable bonds is 1. The van der Waals surface area contributed by atoms with Crippen molar-refractivity contribution in [2.45, 2.75) is 6.17 Å². The van der Waals surface area contributed by atoms with Crippen LogP contribution < -0.4 is 5.32 Å². The van der Waals surface area contributed by atoms with E-state index >= 15 is 0 Å². The second-order valence-electron chi connectivity index (χ2n) is 3.31. The molecule has 1 aromatic rings. The van der Waals surface area contributed by atoms with Gasteiger partial charge in [-0.25, -0.2) is 0 Å². The molecule has 0 aromatic heterocycles. The molecule has 1 atom stereocenters. The summed E-state index contributed by atoms with van der Waals surface area (Å²) in [7, 11) is 1.77. The molecular formula is C10H11ClN2O. The van der Waals surface area contributed by atoms with E-state index in [0.29, 0.717) is 11.6 Å². The van der Waals surface area contributed by atoms with Gasteiger partial charge < -0.3 is 4.90 Å². The number of carbonyl (C=O) groups excluding carboxylic acids is 1. The summed E-state index contributed by atoms with van der Waals surface area (Å²) in [4.78, 5) is 13.0. The van der Waals surface area contributed by atoms with Gasteiger partial charge in [0.2, 0.25) is 5.91 Å². The number of hydrogen-bond donors (Lipinski definition) is 1. The minimum Gasteiger partial charge on any atom is -0.325 e. The van der Waals surface area contributed by atoms with Crippen LogP contribution in [0.4, 0.5) is 0 Å². The summed E-state index contributed by atoms with van der Waals surface area (Å²) in [6.45, 7) is 0.381. The molecule has 0 aliphatic carbocycles. The van der Waals surface area contributed by atoms with Crippen molar-refractivity contribution in [2.75, 3.05) is 13.6 Å². The van der Waals surface area contributed by atoms with Crippen molar-refractivity contribution in [1.29, 1.82) is 0 Å². The summed E-state index contributed by atoms with van der Waals surface area (Å²) >= 11 is 6.04. The number of nitrogens with zero attached hydrogens (tertiary/aromatic N) is 1. The zero-order valence-corrected chi connectivity index (χ0v) is 8.58. The van der Waals surface area contributed by atoms with E-state index in [1.165, 1.54) is 0 Å². The van der Waals surface area contributed by atoms with Crippen molar-refractivity contribution < 1.29 is 4.79 Å². The van der Waals surface area contributed by atoms with Crippen LogP contribution in [0.2, 0.25) is 5.02 Å². The van der Waals surface area contributed by atoms with Gasteiger partial charge in [0.25, 0.3) is 0 Å². The van der Waals surface area contributed by atoms with Crippen LogP contribution in [-0.2, 0) is 4.79 Å². The number of nitrogens with one attached hydrogen (secondary N) is 1. The van der Waals surface area contributed by atoms with Gasteiger partial charge in [-0.1, -0.05) is 29.8 Å². The maximum Gasteiger partial charge on any atom is 0.237 e. The Hall–Kier alpha value is -1.06. The molecule has 0 radical (unpaired) electrons. The maximum atomic E-state index is 11.3. The molecule has 1 fully saturated rings. The lowest BCUT2D eigenvalue weighted by atomic mass is 10.1. The van der Waals surface area contributed by atoms with Gasteiger partial charge in [-0.15, -0.1) is 0 Å². The Morgan fingerprint density at radius 3 is 2.79 bits per heavy atom. The standard InChI is InChI=1S/C10H11ClN2O/c1-13-9(14)6-12-10(13)7-4-2-3-5-8(7)11/h2-5,10,12H,6H2,1H3. The highest BCUT2D eigenvalue weighted by Crippen LogP contribution is 2.26. The normalized spacial score (nSPS) is 21.7. The minimum absolute atomic E-state index is 0.0869. The molecule has 14 heavy (non-hydrogen) atoms. The number of benzene rings is 1. The first-order valence-corrected chi connectivity index (χ1v) is 4.81. The molecule has 1 aliphatic rings. The monoisotopic (exact) mass is 210 g/mol. The number of halogens is 1. The summed E-state index contributed by atoms with van der Waals surface area (Å²) in [6, 6.07) is 7.55. The van der Waals surface area contributed by atoms with E-state index in [4.69, 9.17) is 11.6 Å². The quantitative estimate of drug-likeness (QED) is 0.760. The number of likely N-dealkylation sites (N-methyl/N-ethyl adjacent to an activating group) is 1. The van der Waals surface area contributed by atoms with Crippen LogP contribution >= 0.6 is 11.6 Å². The van der Waals surface area contributed by atoms with Crippen LogP contribution in [-0.4, -0.2) is 24.4 Å². The van der Waals surface area contributed by atoms with Crippen LogP contribution in [0.15, 0.2) is 24.3 Å². The summed E-state index contributed by atoms with van der Waals surface area (Å²) in [6.07, 6.45) is -0.0869. The molecule has 0 bridgehead atoms. The first kappa shape index (κ1) is 9.49. The fourth-order valence-electron chi connectivity index (χ4n) is 1.61. The highest BCUT2D eigenvalue weighted by Gasteiger charge is 2.29. The fraction of sp³-hybridized carbons (Fsp3) is 0.300. The summed E-state index contributed by atoms with van der Waals surface area (Å²) in [5.74, 6) is 0.0925. The number of amides is 1. The van der Waals surface area contributed by atoms with Gasteiger partial charge >= 0.3 is 0 Å². The molecule has 1 heterocycles. The molecule has 74 valence electrons. The van der Waals surface area contributed by atoms with Gasteiger partial charge in [-0.3, -0.25) is 10.1 Å². The highest BCUT2D eigenvalue weighted by molar-refractivity contribution is 6.31. The topological polar surface area (TPSA) is 32.3 Å².